The van der Waals surface area contributed by atoms with Gasteiger partial charge >= 0.3 is 5.97 Å². The van der Waals surface area contributed by atoms with Crippen molar-refractivity contribution in [3.63, 3.8) is 0 Å². The topological polar surface area (TPSA) is 37.3 Å². The second kappa shape index (κ2) is 4.82. The molecule has 2 heteroatoms. The highest BCUT2D eigenvalue weighted by Crippen LogP contribution is 2.27. The third-order valence-corrected chi connectivity index (χ3v) is 2.05. The Hall–Kier alpha value is -0.970. The number of carboxylic acid groups (broad SMARTS) is 1. The van der Waals surface area contributed by atoms with E-state index >= 15 is 0 Å². The quantitative estimate of drug-likeness (QED) is 0.654. The molecule has 0 aromatic heterocycles. The third kappa shape index (κ3) is 2.27. The van der Waals surface area contributed by atoms with Crippen molar-refractivity contribution in [1.29, 1.82) is 0 Å². The normalized spacial score (nSPS) is 14.2. The highest BCUT2D eigenvalue weighted by atomic mass is 16.4. The Kier molecular flexibility index (Phi) is 4.43. The molecule has 0 rings (SSSR count). The summed E-state index contributed by atoms with van der Waals surface area (Å²) in [6.07, 6.45) is 2.07. The summed E-state index contributed by atoms with van der Waals surface area (Å²) < 4.78 is 0. The maximum absolute atomic E-state index is 10.9. The first-order valence-corrected chi connectivity index (χ1v) is 4.30. The van der Waals surface area contributed by atoms with Crippen LogP contribution in [0.1, 0.15) is 40.0 Å². The maximum atomic E-state index is 10.9. The van der Waals surface area contributed by atoms with E-state index in [0.717, 1.165) is 6.42 Å². The van der Waals surface area contributed by atoms with Gasteiger partial charge in [0, 0.05) is 0 Å². The van der Waals surface area contributed by atoms with Crippen molar-refractivity contribution in [1.82, 2.24) is 0 Å². The Labute approximate surface area is 74.0 Å². The largest absolute Gasteiger partial charge is 0.480 e. The molecular weight excluding hydrogens is 152 g/mol. The van der Waals surface area contributed by atoms with E-state index in [4.69, 9.17) is 5.11 Å². The molecule has 0 aliphatic rings. The lowest BCUT2D eigenvalue weighted by molar-refractivity contribution is -0.146. The van der Waals surface area contributed by atoms with Crippen molar-refractivity contribution >= 4 is 5.97 Å². The molecule has 1 atom stereocenters. The standard InChI is InChI=1S/C10H16O2/c1-4-7-10(6-3,8-5-2)9(11)12/h4,6-7H2,1-3H3,(H,11,12). The van der Waals surface area contributed by atoms with E-state index in [2.05, 4.69) is 11.8 Å². The predicted molar refractivity (Wildman–Crippen MR) is 48.7 cm³/mol. The van der Waals surface area contributed by atoms with Crippen molar-refractivity contribution in [2.45, 2.75) is 40.0 Å². The molecule has 0 saturated heterocycles. The van der Waals surface area contributed by atoms with Gasteiger partial charge in [-0.2, -0.15) is 0 Å². The molecule has 0 aromatic carbocycles. The lowest BCUT2D eigenvalue weighted by Gasteiger charge is -2.20. The molecule has 0 fully saturated rings. The van der Waals surface area contributed by atoms with Gasteiger partial charge in [-0.3, -0.25) is 4.79 Å². The Bertz CT molecular complexity index is 210. The number of carbonyl (C=O) groups is 1. The Balaban J connectivity index is 4.71. The van der Waals surface area contributed by atoms with Gasteiger partial charge in [-0.1, -0.05) is 26.2 Å². The van der Waals surface area contributed by atoms with Gasteiger partial charge in [0.25, 0.3) is 0 Å². The zero-order valence-electron chi connectivity index (χ0n) is 7.98. The highest BCUT2D eigenvalue weighted by molar-refractivity contribution is 5.78. The molecule has 0 aliphatic heterocycles. The van der Waals surface area contributed by atoms with Crippen LogP contribution in [0.2, 0.25) is 0 Å². The van der Waals surface area contributed by atoms with Crippen molar-refractivity contribution in [3.8, 4) is 11.8 Å². The molecule has 0 bridgehead atoms. The molecule has 0 saturated carbocycles. The van der Waals surface area contributed by atoms with E-state index in [-0.39, 0.29) is 0 Å². The molecular formula is C10H16O2. The number of rotatable bonds is 4. The molecule has 0 heterocycles. The van der Waals surface area contributed by atoms with Crippen LogP contribution in [0.15, 0.2) is 0 Å². The minimum atomic E-state index is -0.802. The van der Waals surface area contributed by atoms with Gasteiger partial charge in [-0.25, -0.2) is 0 Å². The summed E-state index contributed by atoms with van der Waals surface area (Å²) in [6, 6.07) is 0. The molecule has 0 spiro atoms. The lowest BCUT2D eigenvalue weighted by Crippen LogP contribution is -2.28. The summed E-state index contributed by atoms with van der Waals surface area (Å²) in [5, 5.41) is 8.98. The van der Waals surface area contributed by atoms with Crippen LogP contribution in [0.4, 0.5) is 0 Å². The second-order valence-corrected chi connectivity index (χ2v) is 2.87. The van der Waals surface area contributed by atoms with Gasteiger partial charge in [-0.05, 0) is 19.8 Å². The Morgan fingerprint density at radius 2 is 2.08 bits per heavy atom. The summed E-state index contributed by atoms with van der Waals surface area (Å²) in [5.74, 6) is 4.70. The fourth-order valence-corrected chi connectivity index (χ4v) is 1.31. The molecule has 0 radical (unpaired) electrons. The first kappa shape index (κ1) is 11.0. The van der Waals surface area contributed by atoms with Crippen molar-refractivity contribution < 1.29 is 9.90 Å². The van der Waals surface area contributed by atoms with Crippen LogP contribution in [0.25, 0.3) is 0 Å². The van der Waals surface area contributed by atoms with E-state index in [1.54, 1.807) is 6.92 Å². The minimum absolute atomic E-state index is 0.580. The number of aliphatic carboxylic acids is 1. The molecule has 0 amide bonds. The van der Waals surface area contributed by atoms with E-state index in [9.17, 15) is 4.79 Å². The lowest BCUT2D eigenvalue weighted by atomic mass is 9.81. The fourth-order valence-electron chi connectivity index (χ4n) is 1.31. The van der Waals surface area contributed by atoms with Crippen LogP contribution >= 0.6 is 0 Å². The van der Waals surface area contributed by atoms with Crippen molar-refractivity contribution in [2.75, 3.05) is 0 Å². The first-order valence-electron chi connectivity index (χ1n) is 4.30. The fraction of sp³-hybridized carbons (Fsp3) is 0.700. The van der Waals surface area contributed by atoms with E-state index < -0.39 is 11.4 Å². The average Bonchev–Trinajstić information content (AvgIpc) is 2.03. The molecule has 2 nitrogen and oxygen atoms in total. The second-order valence-electron chi connectivity index (χ2n) is 2.87. The summed E-state index contributed by atoms with van der Waals surface area (Å²) in [5.41, 5.74) is -0.802. The zero-order valence-corrected chi connectivity index (χ0v) is 7.98. The number of hydrogen-bond acceptors (Lipinski definition) is 1. The summed E-state index contributed by atoms with van der Waals surface area (Å²) in [7, 11) is 0. The molecule has 1 unspecified atom stereocenters. The molecule has 12 heavy (non-hydrogen) atoms. The van der Waals surface area contributed by atoms with Crippen molar-refractivity contribution in [2.24, 2.45) is 5.41 Å². The van der Waals surface area contributed by atoms with Crippen LogP contribution in [-0.2, 0) is 4.79 Å². The monoisotopic (exact) mass is 168 g/mol. The van der Waals surface area contributed by atoms with Crippen LogP contribution < -0.4 is 0 Å². The van der Waals surface area contributed by atoms with Gasteiger partial charge in [-0.15, -0.1) is 5.92 Å². The first-order chi connectivity index (χ1) is 5.63. The maximum Gasteiger partial charge on any atom is 0.321 e. The van der Waals surface area contributed by atoms with Crippen LogP contribution in [-0.4, -0.2) is 11.1 Å². The smallest absolute Gasteiger partial charge is 0.321 e. The predicted octanol–water partition coefficient (Wildman–Crippen LogP) is 2.29. The highest BCUT2D eigenvalue weighted by Gasteiger charge is 2.33. The SMILES string of the molecule is CC#CC(CC)(CCC)C(=O)O. The Morgan fingerprint density at radius 1 is 1.50 bits per heavy atom. The van der Waals surface area contributed by atoms with Gasteiger partial charge in [0.05, 0.1) is 0 Å². The average molecular weight is 168 g/mol. The summed E-state index contributed by atoms with van der Waals surface area (Å²) in [4.78, 5) is 10.9. The molecule has 1 N–H and O–H groups in total. The molecule has 68 valence electrons. The van der Waals surface area contributed by atoms with Crippen LogP contribution in [0, 0.1) is 17.3 Å². The number of hydrogen-bond donors (Lipinski definition) is 1. The van der Waals surface area contributed by atoms with Crippen molar-refractivity contribution in [3.05, 3.63) is 0 Å². The third-order valence-electron chi connectivity index (χ3n) is 2.05. The molecule has 0 aliphatic carbocycles. The van der Waals surface area contributed by atoms with Gasteiger partial charge in [0.2, 0.25) is 0 Å². The van der Waals surface area contributed by atoms with E-state index in [0.29, 0.717) is 12.8 Å². The van der Waals surface area contributed by atoms with Crippen LogP contribution in [0.5, 0.6) is 0 Å². The minimum Gasteiger partial charge on any atom is -0.480 e. The number of carboxylic acids is 1. The summed E-state index contributed by atoms with van der Waals surface area (Å²) >= 11 is 0. The zero-order chi connectivity index (χ0) is 9.61. The van der Waals surface area contributed by atoms with Gasteiger partial charge in [0.15, 0.2) is 0 Å². The van der Waals surface area contributed by atoms with Gasteiger partial charge in [0.1, 0.15) is 5.41 Å². The van der Waals surface area contributed by atoms with Crippen LogP contribution in [0.3, 0.4) is 0 Å². The van der Waals surface area contributed by atoms with Gasteiger partial charge < -0.3 is 5.11 Å². The van der Waals surface area contributed by atoms with E-state index in [1.165, 1.54) is 0 Å². The summed E-state index contributed by atoms with van der Waals surface area (Å²) in [6.45, 7) is 5.53. The van der Waals surface area contributed by atoms with E-state index in [1.807, 2.05) is 13.8 Å². The molecule has 0 aromatic rings. The Morgan fingerprint density at radius 3 is 2.33 bits per heavy atom.